The molecule has 1 aromatic carbocycles. The number of para-hydroxylation sites is 1. The largest absolute Gasteiger partial charge is 0.496 e. The molecule has 2 rings (SSSR count). The molecule has 5 heteroatoms. The summed E-state index contributed by atoms with van der Waals surface area (Å²) in [5.41, 5.74) is 0.322. The van der Waals surface area contributed by atoms with E-state index in [4.69, 9.17) is 9.47 Å². The number of nitrogens with one attached hydrogen (secondary N) is 1. The normalized spacial score (nSPS) is 23.9. The van der Waals surface area contributed by atoms with E-state index >= 15 is 0 Å². The summed E-state index contributed by atoms with van der Waals surface area (Å²) in [6.07, 6.45) is 3.31. The molecule has 1 aliphatic rings. The van der Waals surface area contributed by atoms with Crippen LogP contribution >= 0.6 is 0 Å². The number of hydrogen-bond donors (Lipinski definition) is 1. The molecule has 0 unspecified atom stereocenters. The van der Waals surface area contributed by atoms with E-state index in [0.29, 0.717) is 23.1 Å². The Morgan fingerprint density at radius 3 is 2.70 bits per heavy atom. The summed E-state index contributed by atoms with van der Waals surface area (Å²) >= 11 is 0. The minimum absolute atomic E-state index is 0.163. The summed E-state index contributed by atoms with van der Waals surface area (Å²) < 4.78 is 10.2. The molecule has 1 aliphatic carbocycles. The molecule has 0 bridgehead atoms. The maximum absolute atomic E-state index is 12.1. The van der Waals surface area contributed by atoms with Crippen molar-refractivity contribution in [1.29, 1.82) is 0 Å². The van der Waals surface area contributed by atoms with Crippen molar-refractivity contribution in [3.63, 3.8) is 0 Å². The van der Waals surface area contributed by atoms with Gasteiger partial charge in [-0.1, -0.05) is 38.8 Å². The van der Waals surface area contributed by atoms with E-state index in [0.717, 1.165) is 12.8 Å². The highest BCUT2D eigenvalue weighted by atomic mass is 16.5. The second-order valence-corrected chi connectivity index (χ2v) is 6.22. The fourth-order valence-electron chi connectivity index (χ4n) is 3.06. The fourth-order valence-corrected chi connectivity index (χ4v) is 3.06. The lowest BCUT2D eigenvalue weighted by molar-refractivity contribution is -0.125. The first-order chi connectivity index (χ1) is 11.0. The summed E-state index contributed by atoms with van der Waals surface area (Å²) in [6.45, 7) is 4.11. The predicted octanol–water partition coefficient (Wildman–Crippen LogP) is 2.79. The van der Waals surface area contributed by atoms with Gasteiger partial charge in [0.15, 0.2) is 6.61 Å². The number of esters is 1. The molecule has 0 saturated heterocycles. The molecule has 0 heterocycles. The highest BCUT2D eigenvalue weighted by Gasteiger charge is 2.28. The number of amides is 1. The molecule has 1 aromatic rings. The molecule has 0 aliphatic heterocycles. The van der Waals surface area contributed by atoms with Crippen molar-refractivity contribution in [3.8, 4) is 5.75 Å². The van der Waals surface area contributed by atoms with Gasteiger partial charge in [-0.15, -0.1) is 0 Å². The zero-order valence-electron chi connectivity index (χ0n) is 14.0. The third kappa shape index (κ3) is 4.47. The van der Waals surface area contributed by atoms with Gasteiger partial charge in [-0.05, 0) is 30.4 Å². The summed E-state index contributed by atoms with van der Waals surface area (Å²) in [5, 5.41) is 2.99. The Labute approximate surface area is 137 Å². The van der Waals surface area contributed by atoms with Gasteiger partial charge >= 0.3 is 5.97 Å². The van der Waals surface area contributed by atoms with Crippen molar-refractivity contribution in [2.24, 2.45) is 11.8 Å². The molecule has 5 nitrogen and oxygen atoms in total. The molecular weight excluding hydrogens is 294 g/mol. The Morgan fingerprint density at radius 2 is 1.96 bits per heavy atom. The van der Waals surface area contributed by atoms with Gasteiger partial charge in [0.25, 0.3) is 5.91 Å². The van der Waals surface area contributed by atoms with Crippen LogP contribution in [0.1, 0.15) is 43.5 Å². The molecule has 23 heavy (non-hydrogen) atoms. The summed E-state index contributed by atoms with van der Waals surface area (Å²) in [7, 11) is 1.49. The van der Waals surface area contributed by atoms with E-state index in [-0.39, 0.29) is 18.6 Å². The minimum Gasteiger partial charge on any atom is -0.496 e. The van der Waals surface area contributed by atoms with E-state index in [9.17, 15) is 9.59 Å². The third-order valence-electron chi connectivity index (χ3n) is 4.71. The Balaban J connectivity index is 1.85. The number of ether oxygens (including phenoxy) is 2. The van der Waals surface area contributed by atoms with Crippen molar-refractivity contribution in [2.75, 3.05) is 13.7 Å². The number of methoxy groups -OCH3 is 1. The van der Waals surface area contributed by atoms with Crippen molar-refractivity contribution in [1.82, 2.24) is 5.32 Å². The molecule has 3 atom stereocenters. The highest BCUT2D eigenvalue weighted by molar-refractivity contribution is 5.94. The average molecular weight is 319 g/mol. The van der Waals surface area contributed by atoms with E-state index in [1.807, 2.05) is 0 Å². The van der Waals surface area contributed by atoms with E-state index < -0.39 is 5.97 Å². The predicted molar refractivity (Wildman–Crippen MR) is 87.4 cm³/mol. The topological polar surface area (TPSA) is 64.6 Å². The number of benzene rings is 1. The van der Waals surface area contributed by atoms with Crippen LogP contribution in [-0.4, -0.2) is 31.6 Å². The van der Waals surface area contributed by atoms with Crippen LogP contribution in [0.5, 0.6) is 5.75 Å². The first-order valence-corrected chi connectivity index (χ1v) is 8.12. The standard InChI is InChI=1S/C18H25NO4/c1-12-7-6-9-15(13(12)2)19-17(20)11-23-18(21)14-8-4-5-10-16(14)22-3/h4-5,8,10,12-13,15H,6-7,9,11H2,1-3H3,(H,19,20)/t12-,13-,15+/m1/s1. The molecule has 1 fully saturated rings. The summed E-state index contributed by atoms with van der Waals surface area (Å²) in [4.78, 5) is 24.1. The Kier molecular flexibility index (Phi) is 6.02. The second kappa shape index (κ2) is 7.99. The molecule has 1 saturated carbocycles. The fraction of sp³-hybridized carbons (Fsp3) is 0.556. The number of carbonyl (C=O) groups excluding carboxylic acids is 2. The van der Waals surface area contributed by atoms with Crippen molar-refractivity contribution < 1.29 is 19.1 Å². The second-order valence-electron chi connectivity index (χ2n) is 6.22. The Bertz CT molecular complexity index is 558. The SMILES string of the molecule is COc1ccccc1C(=O)OCC(=O)N[C@H]1CCC[C@@H](C)[C@H]1C. The molecular formula is C18H25NO4. The third-order valence-corrected chi connectivity index (χ3v) is 4.71. The van der Waals surface area contributed by atoms with Gasteiger partial charge in [0.2, 0.25) is 0 Å². The molecule has 126 valence electrons. The number of hydrogen-bond acceptors (Lipinski definition) is 4. The van der Waals surface area contributed by atoms with Crippen molar-refractivity contribution in [3.05, 3.63) is 29.8 Å². The monoisotopic (exact) mass is 319 g/mol. The lowest BCUT2D eigenvalue weighted by Crippen LogP contribution is -2.45. The van der Waals surface area contributed by atoms with E-state index in [1.165, 1.54) is 13.5 Å². The van der Waals surface area contributed by atoms with Crippen LogP contribution < -0.4 is 10.1 Å². The van der Waals surface area contributed by atoms with Crippen LogP contribution in [0.3, 0.4) is 0 Å². The maximum atomic E-state index is 12.1. The average Bonchev–Trinajstić information content (AvgIpc) is 2.56. The van der Waals surface area contributed by atoms with Crippen LogP contribution in [0.25, 0.3) is 0 Å². The minimum atomic E-state index is -0.553. The summed E-state index contributed by atoms with van der Waals surface area (Å²) in [6, 6.07) is 6.96. The highest BCUT2D eigenvalue weighted by Crippen LogP contribution is 2.29. The van der Waals surface area contributed by atoms with Crippen molar-refractivity contribution >= 4 is 11.9 Å². The van der Waals surface area contributed by atoms with Gasteiger partial charge in [0, 0.05) is 6.04 Å². The lowest BCUT2D eigenvalue weighted by atomic mass is 9.78. The Morgan fingerprint density at radius 1 is 1.22 bits per heavy atom. The first-order valence-electron chi connectivity index (χ1n) is 8.12. The Hall–Kier alpha value is -2.04. The molecule has 1 N–H and O–H groups in total. The quantitative estimate of drug-likeness (QED) is 0.848. The lowest BCUT2D eigenvalue weighted by Gasteiger charge is -2.34. The van der Waals surface area contributed by atoms with E-state index in [2.05, 4.69) is 19.2 Å². The van der Waals surface area contributed by atoms with Gasteiger partial charge in [-0.2, -0.15) is 0 Å². The van der Waals surface area contributed by atoms with Gasteiger partial charge in [0.1, 0.15) is 11.3 Å². The van der Waals surface area contributed by atoms with Gasteiger partial charge in [-0.25, -0.2) is 4.79 Å². The number of carbonyl (C=O) groups is 2. The van der Waals surface area contributed by atoms with Gasteiger partial charge in [-0.3, -0.25) is 4.79 Å². The van der Waals surface area contributed by atoms with Crippen LogP contribution in [0.4, 0.5) is 0 Å². The smallest absolute Gasteiger partial charge is 0.342 e. The van der Waals surface area contributed by atoms with Gasteiger partial charge < -0.3 is 14.8 Å². The van der Waals surface area contributed by atoms with Crippen LogP contribution in [-0.2, 0) is 9.53 Å². The van der Waals surface area contributed by atoms with Gasteiger partial charge in [0.05, 0.1) is 7.11 Å². The van der Waals surface area contributed by atoms with Crippen LogP contribution in [0.15, 0.2) is 24.3 Å². The molecule has 0 radical (unpaired) electrons. The van der Waals surface area contributed by atoms with Crippen LogP contribution in [0.2, 0.25) is 0 Å². The zero-order valence-corrected chi connectivity index (χ0v) is 14.0. The zero-order chi connectivity index (χ0) is 16.8. The molecule has 0 spiro atoms. The number of rotatable bonds is 5. The van der Waals surface area contributed by atoms with Crippen LogP contribution in [0, 0.1) is 11.8 Å². The van der Waals surface area contributed by atoms with E-state index in [1.54, 1.807) is 24.3 Å². The summed E-state index contributed by atoms with van der Waals surface area (Å²) in [5.74, 6) is 0.678. The molecule has 1 amide bonds. The van der Waals surface area contributed by atoms with Crippen molar-refractivity contribution in [2.45, 2.75) is 39.2 Å². The first kappa shape index (κ1) is 17.3. The maximum Gasteiger partial charge on any atom is 0.342 e. The molecule has 0 aromatic heterocycles.